The van der Waals surface area contributed by atoms with Crippen LogP contribution in [0.15, 0.2) is 36.4 Å². The first-order valence-corrected chi connectivity index (χ1v) is 8.99. The third-order valence-corrected chi connectivity index (χ3v) is 4.64. The second-order valence-electron chi connectivity index (χ2n) is 6.55. The monoisotopic (exact) mass is 391 g/mol. The third kappa shape index (κ3) is 4.62. The Kier molecular flexibility index (Phi) is 6.18. The molecular weight excluding hydrogens is 368 g/mol. The number of amides is 2. The van der Waals surface area contributed by atoms with Crippen LogP contribution in [0, 0.1) is 11.6 Å². The summed E-state index contributed by atoms with van der Waals surface area (Å²) in [5, 5.41) is 5.90. The van der Waals surface area contributed by atoms with E-state index in [1.807, 2.05) is 18.2 Å². The fraction of sp³-hybridized carbons (Fsp3) is 0.350. The summed E-state index contributed by atoms with van der Waals surface area (Å²) in [5.41, 5.74) is 0.816. The molecule has 1 aliphatic heterocycles. The van der Waals surface area contributed by atoms with Crippen molar-refractivity contribution in [2.24, 2.45) is 0 Å². The van der Waals surface area contributed by atoms with E-state index in [1.54, 1.807) is 19.1 Å². The molecule has 0 aliphatic carbocycles. The van der Waals surface area contributed by atoms with Gasteiger partial charge in [-0.25, -0.2) is 13.6 Å². The van der Waals surface area contributed by atoms with Gasteiger partial charge in [-0.05, 0) is 37.1 Å². The van der Waals surface area contributed by atoms with Gasteiger partial charge in [-0.2, -0.15) is 0 Å². The lowest BCUT2D eigenvalue weighted by Crippen LogP contribution is -2.46. The van der Waals surface area contributed by atoms with E-state index in [1.165, 1.54) is 6.07 Å². The van der Waals surface area contributed by atoms with Gasteiger partial charge >= 0.3 is 6.03 Å². The molecule has 1 fully saturated rings. The molecule has 0 aromatic heterocycles. The van der Waals surface area contributed by atoms with E-state index in [0.717, 1.165) is 30.7 Å². The Balaban J connectivity index is 1.62. The minimum absolute atomic E-state index is 0.0377. The van der Waals surface area contributed by atoms with Crippen LogP contribution in [-0.4, -0.2) is 44.3 Å². The number of ether oxygens (including phenoxy) is 2. The molecule has 3 rings (SSSR count). The molecule has 1 saturated heterocycles. The summed E-state index contributed by atoms with van der Waals surface area (Å²) in [5.74, 6) is -0.235. The summed E-state index contributed by atoms with van der Waals surface area (Å²) in [6.45, 7) is 1.03. The maximum absolute atomic E-state index is 13.8. The van der Waals surface area contributed by atoms with Gasteiger partial charge < -0.3 is 25.0 Å². The van der Waals surface area contributed by atoms with Crippen LogP contribution in [0.3, 0.4) is 0 Å². The Morgan fingerprint density at radius 2 is 1.89 bits per heavy atom. The predicted octanol–water partition coefficient (Wildman–Crippen LogP) is 4.09. The van der Waals surface area contributed by atoms with Gasteiger partial charge in [0.2, 0.25) is 0 Å². The smallest absolute Gasteiger partial charge is 0.321 e. The molecule has 0 spiro atoms. The van der Waals surface area contributed by atoms with Gasteiger partial charge in [-0.1, -0.05) is 0 Å². The van der Waals surface area contributed by atoms with Gasteiger partial charge in [0.1, 0.15) is 11.6 Å². The average Bonchev–Trinajstić information content (AvgIpc) is 2.70. The number of carbonyl (C=O) groups is 1. The Hall–Kier alpha value is -3.03. The average molecular weight is 391 g/mol. The summed E-state index contributed by atoms with van der Waals surface area (Å²) < 4.78 is 37.3. The summed E-state index contributed by atoms with van der Waals surface area (Å²) in [6, 6.07) is 8.22. The number of rotatable bonds is 5. The molecule has 28 heavy (non-hydrogen) atoms. The number of benzene rings is 2. The van der Waals surface area contributed by atoms with Crippen molar-refractivity contribution >= 4 is 17.4 Å². The van der Waals surface area contributed by atoms with E-state index < -0.39 is 17.7 Å². The lowest BCUT2D eigenvalue weighted by atomic mass is 10.1. The number of halogens is 2. The van der Waals surface area contributed by atoms with Gasteiger partial charge in [0.15, 0.2) is 11.5 Å². The molecule has 2 aromatic carbocycles. The molecule has 0 radical (unpaired) electrons. The zero-order valence-electron chi connectivity index (χ0n) is 15.8. The molecule has 2 amide bonds. The highest BCUT2D eigenvalue weighted by molar-refractivity contribution is 5.89. The third-order valence-electron chi connectivity index (χ3n) is 4.64. The molecule has 0 bridgehead atoms. The van der Waals surface area contributed by atoms with E-state index in [0.29, 0.717) is 24.6 Å². The first kappa shape index (κ1) is 19.7. The lowest BCUT2D eigenvalue weighted by molar-refractivity contribution is 0.196. The van der Waals surface area contributed by atoms with E-state index in [-0.39, 0.29) is 11.7 Å². The fourth-order valence-electron chi connectivity index (χ4n) is 3.23. The van der Waals surface area contributed by atoms with Crippen LogP contribution in [0.4, 0.5) is 25.0 Å². The van der Waals surface area contributed by atoms with Crippen molar-refractivity contribution < 1.29 is 23.0 Å². The van der Waals surface area contributed by atoms with Crippen molar-refractivity contribution in [3.8, 4) is 11.5 Å². The van der Waals surface area contributed by atoms with Gasteiger partial charge in [0, 0.05) is 37.0 Å². The Morgan fingerprint density at radius 3 is 2.61 bits per heavy atom. The zero-order valence-corrected chi connectivity index (χ0v) is 15.8. The van der Waals surface area contributed by atoms with Crippen molar-refractivity contribution in [3.63, 3.8) is 0 Å². The van der Waals surface area contributed by atoms with Crippen LogP contribution in [-0.2, 0) is 0 Å². The fourth-order valence-corrected chi connectivity index (χ4v) is 3.23. The number of anilines is 2. The number of nitrogens with one attached hydrogen (secondary N) is 2. The summed E-state index contributed by atoms with van der Waals surface area (Å²) in [7, 11) is 3.15. The molecule has 1 heterocycles. The van der Waals surface area contributed by atoms with Gasteiger partial charge in [0.25, 0.3) is 0 Å². The Labute approximate surface area is 162 Å². The Bertz CT molecular complexity index is 847. The maximum Gasteiger partial charge on any atom is 0.321 e. The number of urea groups is 1. The quantitative estimate of drug-likeness (QED) is 0.806. The number of hydrogen-bond acceptors (Lipinski definition) is 4. The van der Waals surface area contributed by atoms with Crippen LogP contribution in [0.2, 0.25) is 0 Å². The first-order valence-electron chi connectivity index (χ1n) is 8.99. The molecule has 0 saturated carbocycles. The van der Waals surface area contributed by atoms with Crippen molar-refractivity contribution in [3.05, 3.63) is 48.0 Å². The summed E-state index contributed by atoms with van der Waals surface area (Å²) >= 11 is 0. The number of likely N-dealkylation sites (tertiary alicyclic amines) is 1. The molecule has 1 atom stereocenters. The van der Waals surface area contributed by atoms with Gasteiger partial charge in [-0.3, -0.25) is 0 Å². The van der Waals surface area contributed by atoms with Crippen LogP contribution in [0.25, 0.3) is 0 Å². The second-order valence-corrected chi connectivity index (χ2v) is 6.55. The standard InChI is InChI=1S/C20H23F2N3O3/c1-27-18-8-6-14(11-19(18)28-2)23-15-4-3-9-25(12-15)20(26)24-17-7-5-13(21)10-16(17)22/h5-8,10-11,15,23H,3-4,9,12H2,1-2H3,(H,24,26). The first-order chi connectivity index (χ1) is 13.5. The minimum atomic E-state index is -0.801. The molecule has 150 valence electrons. The number of hydrogen-bond donors (Lipinski definition) is 2. The molecule has 6 nitrogen and oxygen atoms in total. The number of nitrogens with zero attached hydrogens (tertiary/aromatic N) is 1. The molecule has 1 aliphatic rings. The highest BCUT2D eigenvalue weighted by Gasteiger charge is 2.24. The Morgan fingerprint density at radius 1 is 1.11 bits per heavy atom. The summed E-state index contributed by atoms with van der Waals surface area (Å²) in [6.07, 6.45) is 1.70. The molecular formula is C20H23F2N3O3. The molecule has 1 unspecified atom stereocenters. The lowest BCUT2D eigenvalue weighted by Gasteiger charge is -2.33. The van der Waals surface area contributed by atoms with Gasteiger partial charge in [0.05, 0.1) is 19.9 Å². The second kappa shape index (κ2) is 8.77. The molecule has 8 heteroatoms. The number of carbonyl (C=O) groups excluding carboxylic acids is 1. The normalized spacial score (nSPS) is 16.4. The molecule has 2 aromatic rings. The van der Waals surface area contributed by atoms with Crippen molar-refractivity contribution in [1.82, 2.24) is 4.90 Å². The van der Waals surface area contributed by atoms with Crippen LogP contribution >= 0.6 is 0 Å². The molecule has 2 N–H and O–H groups in total. The zero-order chi connectivity index (χ0) is 20.1. The maximum atomic E-state index is 13.8. The minimum Gasteiger partial charge on any atom is -0.493 e. The highest BCUT2D eigenvalue weighted by atomic mass is 19.1. The van der Waals surface area contributed by atoms with Gasteiger partial charge in [-0.15, -0.1) is 0 Å². The van der Waals surface area contributed by atoms with Crippen molar-refractivity contribution in [2.45, 2.75) is 18.9 Å². The van der Waals surface area contributed by atoms with Crippen LogP contribution in [0.1, 0.15) is 12.8 Å². The van der Waals surface area contributed by atoms with E-state index in [9.17, 15) is 13.6 Å². The topological polar surface area (TPSA) is 62.8 Å². The van der Waals surface area contributed by atoms with Crippen molar-refractivity contribution in [1.29, 1.82) is 0 Å². The number of methoxy groups -OCH3 is 2. The van der Waals surface area contributed by atoms with Crippen molar-refractivity contribution in [2.75, 3.05) is 37.9 Å². The van der Waals surface area contributed by atoms with Crippen LogP contribution in [0.5, 0.6) is 11.5 Å². The number of piperidine rings is 1. The summed E-state index contributed by atoms with van der Waals surface area (Å²) in [4.78, 5) is 14.1. The van der Waals surface area contributed by atoms with Crippen LogP contribution < -0.4 is 20.1 Å². The van der Waals surface area contributed by atoms with E-state index >= 15 is 0 Å². The van der Waals surface area contributed by atoms with E-state index in [4.69, 9.17) is 9.47 Å². The largest absolute Gasteiger partial charge is 0.493 e. The van der Waals surface area contributed by atoms with E-state index in [2.05, 4.69) is 10.6 Å². The predicted molar refractivity (Wildman–Crippen MR) is 103 cm³/mol. The SMILES string of the molecule is COc1ccc(NC2CCCN(C(=O)Nc3ccc(F)cc3F)C2)cc1OC. The highest BCUT2D eigenvalue weighted by Crippen LogP contribution is 2.30.